The second-order valence-corrected chi connectivity index (χ2v) is 12.1. The van der Waals surface area contributed by atoms with Gasteiger partial charge in [0.1, 0.15) is 6.10 Å². The quantitative estimate of drug-likeness (QED) is 0.440. The Hall–Kier alpha value is -0.613. The van der Waals surface area contributed by atoms with Gasteiger partial charge in [-0.15, -0.1) is 0 Å². The lowest BCUT2D eigenvalue weighted by atomic mass is 9.95. The Bertz CT molecular complexity index is 381. The van der Waals surface area contributed by atoms with E-state index in [4.69, 9.17) is 9.16 Å². The van der Waals surface area contributed by atoms with Crippen molar-refractivity contribution in [3.05, 3.63) is 12.2 Å². The van der Waals surface area contributed by atoms with Gasteiger partial charge in [0.2, 0.25) is 0 Å². The van der Waals surface area contributed by atoms with Gasteiger partial charge in [-0.2, -0.15) is 0 Å². The molecule has 0 aromatic heterocycles. The van der Waals surface area contributed by atoms with Crippen LogP contribution in [0, 0.1) is 5.92 Å². The van der Waals surface area contributed by atoms with E-state index in [2.05, 4.69) is 46.0 Å². The number of fused-ring (bicyclic) bond motifs is 1. The van der Waals surface area contributed by atoms with Gasteiger partial charge in [-0.3, -0.25) is 4.79 Å². The van der Waals surface area contributed by atoms with Gasteiger partial charge in [-0.05, 0) is 24.6 Å². The third-order valence-corrected chi connectivity index (χ3v) is 9.25. The van der Waals surface area contributed by atoms with E-state index in [0.717, 1.165) is 12.8 Å². The van der Waals surface area contributed by atoms with Crippen molar-refractivity contribution < 1.29 is 14.0 Å². The minimum Gasteiger partial charge on any atom is -0.462 e. The second-order valence-electron chi connectivity index (χ2n) is 7.31. The second kappa shape index (κ2) is 5.06. The maximum Gasteiger partial charge on any atom is 0.306 e. The van der Waals surface area contributed by atoms with E-state index in [-0.39, 0.29) is 23.2 Å². The molecular formula is C15H26O3Si. The van der Waals surface area contributed by atoms with E-state index >= 15 is 0 Å². The Morgan fingerprint density at radius 2 is 2.05 bits per heavy atom. The molecule has 3 nitrogen and oxygen atoms in total. The van der Waals surface area contributed by atoms with Gasteiger partial charge < -0.3 is 9.16 Å². The van der Waals surface area contributed by atoms with Crippen molar-refractivity contribution in [2.75, 3.05) is 0 Å². The largest absolute Gasteiger partial charge is 0.462 e. The van der Waals surface area contributed by atoms with Gasteiger partial charge in [0.25, 0.3) is 0 Å². The van der Waals surface area contributed by atoms with E-state index in [9.17, 15) is 4.79 Å². The van der Waals surface area contributed by atoms with E-state index in [0.29, 0.717) is 12.3 Å². The summed E-state index contributed by atoms with van der Waals surface area (Å²) in [6.07, 6.45) is 6.84. The summed E-state index contributed by atoms with van der Waals surface area (Å²) in [5, 5.41) is 0.217. The van der Waals surface area contributed by atoms with E-state index in [1.165, 1.54) is 0 Å². The summed E-state index contributed by atoms with van der Waals surface area (Å²) < 4.78 is 11.8. The van der Waals surface area contributed by atoms with Crippen LogP contribution in [0.25, 0.3) is 0 Å². The highest BCUT2D eigenvalue weighted by Gasteiger charge is 2.42. The van der Waals surface area contributed by atoms with Gasteiger partial charge in [-0.1, -0.05) is 32.9 Å². The molecule has 0 saturated carbocycles. The van der Waals surface area contributed by atoms with Crippen molar-refractivity contribution in [3.63, 3.8) is 0 Å². The van der Waals surface area contributed by atoms with Crippen LogP contribution >= 0.6 is 0 Å². The molecule has 2 aliphatic rings. The highest BCUT2D eigenvalue weighted by atomic mass is 28.4. The zero-order valence-electron chi connectivity index (χ0n) is 12.7. The van der Waals surface area contributed by atoms with Crippen molar-refractivity contribution in [3.8, 4) is 0 Å². The number of rotatable bonds is 2. The molecule has 108 valence electrons. The van der Waals surface area contributed by atoms with Crippen LogP contribution in [0.3, 0.4) is 0 Å². The van der Waals surface area contributed by atoms with Crippen LogP contribution in [-0.4, -0.2) is 26.5 Å². The smallest absolute Gasteiger partial charge is 0.306 e. The summed E-state index contributed by atoms with van der Waals surface area (Å²) in [6, 6.07) is 0. The molecule has 2 rings (SSSR count). The van der Waals surface area contributed by atoms with Crippen LogP contribution in [0.1, 0.15) is 40.0 Å². The Kier molecular flexibility index (Phi) is 3.94. The summed E-state index contributed by atoms with van der Waals surface area (Å²) in [7, 11) is -1.75. The number of esters is 1. The van der Waals surface area contributed by atoms with Gasteiger partial charge in [0, 0.05) is 12.3 Å². The Morgan fingerprint density at radius 3 is 2.68 bits per heavy atom. The molecule has 0 aromatic carbocycles. The van der Waals surface area contributed by atoms with Crippen molar-refractivity contribution in [2.45, 2.75) is 70.4 Å². The zero-order chi connectivity index (χ0) is 14.3. The van der Waals surface area contributed by atoms with Crippen LogP contribution in [0.4, 0.5) is 0 Å². The van der Waals surface area contributed by atoms with Gasteiger partial charge in [-0.25, -0.2) is 0 Å². The lowest BCUT2D eigenvalue weighted by Crippen LogP contribution is -2.43. The minimum atomic E-state index is -1.75. The summed E-state index contributed by atoms with van der Waals surface area (Å²) in [5.74, 6) is 0.286. The van der Waals surface area contributed by atoms with Crippen molar-refractivity contribution >= 4 is 14.3 Å². The molecular weight excluding hydrogens is 256 g/mol. The van der Waals surface area contributed by atoms with Crippen LogP contribution in [0.5, 0.6) is 0 Å². The topological polar surface area (TPSA) is 35.5 Å². The summed E-state index contributed by atoms with van der Waals surface area (Å²) >= 11 is 0. The van der Waals surface area contributed by atoms with Crippen LogP contribution in [0.2, 0.25) is 18.1 Å². The van der Waals surface area contributed by atoms with E-state index in [1.807, 2.05) is 0 Å². The van der Waals surface area contributed by atoms with Crippen LogP contribution < -0.4 is 0 Å². The Morgan fingerprint density at radius 1 is 1.37 bits per heavy atom. The Balaban J connectivity index is 2.04. The molecule has 1 aliphatic carbocycles. The molecule has 0 radical (unpaired) electrons. The summed E-state index contributed by atoms with van der Waals surface area (Å²) in [5.41, 5.74) is 0. The Labute approximate surface area is 117 Å². The number of hydrogen-bond acceptors (Lipinski definition) is 3. The normalized spacial score (nSPS) is 31.8. The number of carbonyl (C=O) groups is 1. The predicted octanol–water partition coefficient (Wildman–Crippen LogP) is 3.66. The maximum atomic E-state index is 11.4. The number of ether oxygens (including phenoxy) is 1. The average molecular weight is 282 g/mol. The lowest BCUT2D eigenvalue weighted by Gasteiger charge is -2.39. The molecule has 1 heterocycles. The van der Waals surface area contributed by atoms with E-state index in [1.54, 1.807) is 0 Å². The standard InChI is InChI=1S/C15H26O3Si/c1-15(2,3)19(4,5)18-12-7-6-8-13-11(9-12)10-14(16)17-13/h6-7,11-13H,8-10H2,1-5H3/t11-,12+,13-/m0/s1. The fraction of sp³-hybridized carbons (Fsp3) is 0.800. The molecule has 1 aliphatic heterocycles. The van der Waals surface area contributed by atoms with Crippen molar-refractivity contribution in [2.24, 2.45) is 5.92 Å². The first-order chi connectivity index (χ1) is 8.69. The summed E-state index contributed by atoms with van der Waals surface area (Å²) in [4.78, 5) is 11.4. The molecule has 3 atom stereocenters. The van der Waals surface area contributed by atoms with Gasteiger partial charge in [0.05, 0.1) is 12.5 Å². The first-order valence-electron chi connectivity index (χ1n) is 7.23. The first-order valence-corrected chi connectivity index (χ1v) is 10.1. The molecule has 4 heteroatoms. The highest BCUT2D eigenvalue weighted by molar-refractivity contribution is 6.74. The maximum absolute atomic E-state index is 11.4. The molecule has 0 spiro atoms. The fourth-order valence-corrected chi connectivity index (χ4v) is 3.80. The molecule has 19 heavy (non-hydrogen) atoms. The van der Waals surface area contributed by atoms with E-state index < -0.39 is 8.32 Å². The monoisotopic (exact) mass is 282 g/mol. The molecule has 0 amide bonds. The van der Waals surface area contributed by atoms with Gasteiger partial charge in [0.15, 0.2) is 8.32 Å². The SMILES string of the molecule is CC(C)(C)[Si](C)(C)O[C@@H]1C=CC[C@@H]2OC(=O)C[C@@H]2C1. The third-order valence-electron chi connectivity index (χ3n) is 4.74. The van der Waals surface area contributed by atoms with Crippen LogP contribution in [-0.2, 0) is 14.0 Å². The van der Waals surface area contributed by atoms with Gasteiger partial charge >= 0.3 is 5.97 Å². The molecule has 0 N–H and O–H groups in total. The first kappa shape index (κ1) is 14.8. The molecule has 0 unspecified atom stereocenters. The molecule has 0 bridgehead atoms. The lowest BCUT2D eigenvalue weighted by molar-refractivity contribution is -0.141. The average Bonchev–Trinajstić information content (AvgIpc) is 2.47. The highest BCUT2D eigenvalue weighted by Crippen LogP contribution is 2.40. The van der Waals surface area contributed by atoms with Crippen molar-refractivity contribution in [1.82, 2.24) is 0 Å². The number of hydrogen-bond donors (Lipinski definition) is 0. The molecule has 1 saturated heterocycles. The summed E-state index contributed by atoms with van der Waals surface area (Å²) in [6.45, 7) is 11.3. The molecule has 1 fully saturated rings. The van der Waals surface area contributed by atoms with Crippen LogP contribution in [0.15, 0.2) is 12.2 Å². The third kappa shape index (κ3) is 3.29. The minimum absolute atomic E-state index is 0.0450. The molecule has 0 aromatic rings. The van der Waals surface area contributed by atoms with Crippen molar-refractivity contribution in [1.29, 1.82) is 0 Å². The fourth-order valence-electron chi connectivity index (χ4n) is 2.52. The zero-order valence-corrected chi connectivity index (χ0v) is 13.7. The number of carbonyl (C=O) groups excluding carboxylic acids is 1. The predicted molar refractivity (Wildman–Crippen MR) is 78.4 cm³/mol.